The van der Waals surface area contributed by atoms with Gasteiger partial charge in [0.1, 0.15) is 6.10 Å². The maximum atomic E-state index is 10.8. The fourth-order valence-electron chi connectivity index (χ4n) is 2.35. The van der Waals surface area contributed by atoms with Gasteiger partial charge in [-0.1, -0.05) is 36.4 Å². The van der Waals surface area contributed by atoms with E-state index in [1.165, 1.54) is 0 Å². The second kappa shape index (κ2) is 5.99. The van der Waals surface area contributed by atoms with Gasteiger partial charge in [-0.2, -0.15) is 5.10 Å². The smallest absolute Gasteiger partial charge is 0.122 e. The molecular weight excluding hydrogens is 375 g/mol. The Labute approximate surface area is 137 Å². The van der Waals surface area contributed by atoms with Crippen molar-refractivity contribution in [3.05, 3.63) is 81.2 Å². The van der Waals surface area contributed by atoms with Gasteiger partial charge in [-0.25, -0.2) is 4.68 Å². The number of para-hydroxylation sites is 1. The van der Waals surface area contributed by atoms with Gasteiger partial charge in [0.25, 0.3) is 0 Å². The lowest BCUT2D eigenvalue weighted by Gasteiger charge is -2.16. The van der Waals surface area contributed by atoms with Crippen molar-refractivity contribution in [3.8, 4) is 5.69 Å². The molecular formula is C17H15IN2O. The summed E-state index contributed by atoms with van der Waals surface area (Å²) in [6, 6.07) is 17.7. The zero-order valence-corrected chi connectivity index (χ0v) is 13.7. The molecule has 0 aliphatic heterocycles. The van der Waals surface area contributed by atoms with Crippen LogP contribution in [0.15, 0.2) is 60.8 Å². The summed E-state index contributed by atoms with van der Waals surface area (Å²) < 4.78 is 2.87. The first kappa shape index (κ1) is 14.3. The Morgan fingerprint density at radius 3 is 2.57 bits per heavy atom. The number of hydrogen-bond donors (Lipinski definition) is 1. The first-order valence-electron chi connectivity index (χ1n) is 6.71. The minimum absolute atomic E-state index is 0.695. The van der Waals surface area contributed by atoms with Gasteiger partial charge in [0.2, 0.25) is 0 Å². The molecule has 0 bridgehead atoms. The maximum absolute atomic E-state index is 10.8. The zero-order valence-electron chi connectivity index (χ0n) is 11.6. The van der Waals surface area contributed by atoms with E-state index in [4.69, 9.17) is 0 Å². The number of nitrogens with zero attached hydrogens (tertiary/aromatic N) is 2. The maximum Gasteiger partial charge on any atom is 0.122 e. The zero-order chi connectivity index (χ0) is 14.8. The Hall–Kier alpha value is -1.66. The van der Waals surface area contributed by atoms with Crippen LogP contribution in [0.5, 0.6) is 0 Å². The Morgan fingerprint density at radius 1 is 1.05 bits per heavy atom. The van der Waals surface area contributed by atoms with Crippen LogP contribution in [-0.2, 0) is 0 Å². The van der Waals surface area contributed by atoms with Gasteiger partial charge in [0.15, 0.2) is 0 Å². The highest BCUT2D eigenvalue weighted by molar-refractivity contribution is 14.1. The van der Waals surface area contributed by atoms with Gasteiger partial charge in [0.05, 0.1) is 11.4 Å². The van der Waals surface area contributed by atoms with Crippen molar-refractivity contribution in [2.75, 3.05) is 0 Å². The lowest BCUT2D eigenvalue weighted by atomic mass is 10.0. The Balaban J connectivity index is 2.06. The number of aromatic nitrogens is 2. The normalized spacial score (nSPS) is 12.3. The molecule has 106 valence electrons. The number of aliphatic hydroxyl groups is 1. The van der Waals surface area contributed by atoms with Crippen molar-refractivity contribution in [1.29, 1.82) is 0 Å². The fourth-order valence-corrected chi connectivity index (χ4v) is 3.00. The van der Waals surface area contributed by atoms with Crippen molar-refractivity contribution >= 4 is 22.6 Å². The average molecular weight is 390 g/mol. The molecule has 0 aliphatic carbocycles. The van der Waals surface area contributed by atoms with E-state index in [0.717, 1.165) is 26.1 Å². The minimum atomic E-state index is -0.695. The molecule has 0 spiro atoms. The number of halogens is 1. The third kappa shape index (κ3) is 2.73. The van der Waals surface area contributed by atoms with Gasteiger partial charge in [-0.3, -0.25) is 0 Å². The van der Waals surface area contributed by atoms with E-state index in [0.29, 0.717) is 0 Å². The van der Waals surface area contributed by atoms with Gasteiger partial charge in [-0.15, -0.1) is 0 Å². The van der Waals surface area contributed by atoms with Crippen LogP contribution < -0.4 is 0 Å². The highest BCUT2D eigenvalue weighted by Crippen LogP contribution is 2.29. The topological polar surface area (TPSA) is 38.1 Å². The highest BCUT2D eigenvalue weighted by Gasteiger charge is 2.19. The summed E-state index contributed by atoms with van der Waals surface area (Å²) >= 11 is 2.28. The summed E-state index contributed by atoms with van der Waals surface area (Å²) in [5, 5.41) is 15.1. The average Bonchev–Trinajstić information content (AvgIpc) is 3.00. The Bertz CT molecular complexity index is 752. The first-order valence-corrected chi connectivity index (χ1v) is 7.79. The van der Waals surface area contributed by atoms with Crippen LogP contribution in [0.4, 0.5) is 0 Å². The summed E-state index contributed by atoms with van der Waals surface area (Å²) in [6.07, 6.45) is 1.02. The van der Waals surface area contributed by atoms with Crippen LogP contribution in [-0.4, -0.2) is 14.9 Å². The van der Waals surface area contributed by atoms with Crippen LogP contribution >= 0.6 is 22.6 Å². The lowest BCUT2D eigenvalue weighted by Crippen LogP contribution is -2.10. The van der Waals surface area contributed by atoms with Crippen molar-refractivity contribution < 1.29 is 5.11 Å². The largest absolute Gasteiger partial charge is 0.382 e. The van der Waals surface area contributed by atoms with Crippen LogP contribution in [0.2, 0.25) is 0 Å². The predicted molar refractivity (Wildman–Crippen MR) is 91.5 cm³/mol. The molecule has 0 saturated heterocycles. The van der Waals surface area contributed by atoms with E-state index in [-0.39, 0.29) is 0 Å². The molecule has 0 fully saturated rings. The van der Waals surface area contributed by atoms with E-state index in [1.54, 1.807) is 10.9 Å². The molecule has 2 aromatic carbocycles. The van der Waals surface area contributed by atoms with Crippen LogP contribution in [0.1, 0.15) is 22.9 Å². The molecule has 1 heterocycles. The monoisotopic (exact) mass is 390 g/mol. The molecule has 0 amide bonds. The molecule has 3 aromatic rings. The summed E-state index contributed by atoms with van der Waals surface area (Å²) in [6.45, 7) is 2.05. The second-order valence-electron chi connectivity index (χ2n) is 4.88. The van der Waals surface area contributed by atoms with Crippen molar-refractivity contribution in [2.24, 2.45) is 0 Å². The van der Waals surface area contributed by atoms with E-state index in [9.17, 15) is 5.11 Å². The molecule has 1 aromatic heterocycles. The van der Waals surface area contributed by atoms with Gasteiger partial charge >= 0.3 is 0 Å². The van der Waals surface area contributed by atoms with Crippen molar-refractivity contribution in [3.63, 3.8) is 0 Å². The second-order valence-corrected chi connectivity index (χ2v) is 5.96. The Kier molecular flexibility index (Phi) is 4.07. The molecule has 3 nitrogen and oxygen atoms in total. The molecule has 0 radical (unpaired) electrons. The van der Waals surface area contributed by atoms with E-state index < -0.39 is 6.10 Å². The summed E-state index contributed by atoms with van der Waals surface area (Å²) in [5.74, 6) is 0. The number of rotatable bonds is 3. The molecule has 0 aliphatic rings. The minimum Gasteiger partial charge on any atom is -0.382 e. The third-order valence-corrected chi connectivity index (χ3v) is 4.94. The van der Waals surface area contributed by atoms with Crippen LogP contribution in [0.3, 0.4) is 0 Å². The lowest BCUT2D eigenvalue weighted by molar-refractivity contribution is 0.211. The standard InChI is InChI=1S/C17H15IN2O/c1-12-6-5-9-14(16(12)18)17(21)15-10-11-19-20(15)13-7-3-2-4-8-13/h2-11,17,21H,1H3. The van der Waals surface area contributed by atoms with Gasteiger partial charge in [-0.05, 0) is 53.3 Å². The van der Waals surface area contributed by atoms with E-state index >= 15 is 0 Å². The first-order chi connectivity index (χ1) is 10.2. The van der Waals surface area contributed by atoms with Crippen LogP contribution in [0, 0.1) is 10.5 Å². The number of hydrogen-bond acceptors (Lipinski definition) is 2. The summed E-state index contributed by atoms with van der Waals surface area (Å²) in [7, 11) is 0. The number of aliphatic hydroxyl groups excluding tert-OH is 1. The fraction of sp³-hybridized carbons (Fsp3) is 0.118. The quantitative estimate of drug-likeness (QED) is 0.690. The summed E-state index contributed by atoms with van der Waals surface area (Å²) in [5.41, 5.74) is 3.79. The Morgan fingerprint density at radius 2 is 1.81 bits per heavy atom. The highest BCUT2D eigenvalue weighted by atomic mass is 127. The third-order valence-electron chi connectivity index (χ3n) is 3.47. The number of aryl methyl sites for hydroxylation is 1. The molecule has 0 saturated carbocycles. The molecule has 1 N–H and O–H groups in total. The SMILES string of the molecule is Cc1cccc(C(O)c2ccnn2-c2ccccc2)c1I. The molecule has 4 heteroatoms. The van der Waals surface area contributed by atoms with Crippen molar-refractivity contribution in [1.82, 2.24) is 9.78 Å². The van der Waals surface area contributed by atoms with E-state index in [1.807, 2.05) is 61.5 Å². The van der Waals surface area contributed by atoms with Crippen LogP contribution in [0.25, 0.3) is 5.69 Å². The van der Waals surface area contributed by atoms with Crippen molar-refractivity contribution in [2.45, 2.75) is 13.0 Å². The molecule has 3 rings (SSSR count). The summed E-state index contributed by atoms with van der Waals surface area (Å²) in [4.78, 5) is 0. The predicted octanol–water partition coefficient (Wildman–Crippen LogP) is 3.87. The van der Waals surface area contributed by atoms with Gasteiger partial charge in [0, 0.05) is 15.3 Å². The molecule has 1 unspecified atom stereocenters. The molecule has 1 atom stereocenters. The van der Waals surface area contributed by atoms with E-state index in [2.05, 4.69) is 27.7 Å². The number of benzene rings is 2. The van der Waals surface area contributed by atoms with Gasteiger partial charge < -0.3 is 5.11 Å². The molecule has 21 heavy (non-hydrogen) atoms.